The molecule has 6 heteroatoms. The molecule has 0 spiro atoms. The molecular formula is C12H15N5S. The summed E-state index contributed by atoms with van der Waals surface area (Å²) in [6.45, 7) is 2.73. The molecule has 0 bridgehead atoms. The van der Waals surface area contributed by atoms with Crippen molar-refractivity contribution in [3.63, 3.8) is 0 Å². The summed E-state index contributed by atoms with van der Waals surface area (Å²) in [6, 6.07) is 1.76. The molecule has 0 aromatic carbocycles. The number of nitrogens with one attached hydrogen (secondary N) is 1. The van der Waals surface area contributed by atoms with E-state index >= 15 is 0 Å². The highest BCUT2D eigenvalue weighted by Gasteiger charge is 2.12. The first-order chi connectivity index (χ1) is 8.59. The molecule has 0 amide bonds. The number of rotatable bonds is 4. The van der Waals surface area contributed by atoms with Crippen LogP contribution in [0.5, 0.6) is 0 Å². The maximum Gasteiger partial charge on any atom is 0.125 e. The van der Waals surface area contributed by atoms with Crippen LogP contribution in [0.1, 0.15) is 16.1 Å². The van der Waals surface area contributed by atoms with Crippen molar-refractivity contribution < 1.29 is 0 Å². The third kappa shape index (κ3) is 2.48. The van der Waals surface area contributed by atoms with Gasteiger partial charge in [0.25, 0.3) is 0 Å². The normalized spacial score (nSPS) is 10.3. The van der Waals surface area contributed by atoms with Crippen LogP contribution >= 0.6 is 11.3 Å². The van der Waals surface area contributed by atoms with Gasteiger partial charge in [0.2, 0.25) is 0 Å². The molecule has 2 aromatic heterocycles. The van der Waals surface area contributed by atoms with Gasteiger partial charge in [-0.2, -0.15) is 0 Å². The quantitative estimate of drug-likeness (QED) is 0.649. The lowest BCUT2D eigenvalue weighted by Gasteiger charge is -2.21. The number of thiazole rings is 1. The number of nitrogen functional groups attached to an aromatic ring is 1. The Hall–Kier alpha value is -1.95. The van der Waals surface area contributed by atoms with E-state index in [2.05, 4.69) is 9.97 Å². The highest BCUT2D eigenvalue weighted by atomic mass is 32.1. The molecule has 2 rings (SSSR count). The van der Waals surface area contributed by atoms with E-state index in [1.165, 1.54) is 4.88 Å². The number of nitrogens with two attached hydrogens (primary N) is 1. The number of hydrogen-bond acceptors (Lipinski definition) is 5. The zero-order valence-corrected chi connectivity index (χ0v) is 11.2. The third-order valence-corrected chi connectivity index (χ3v) is 3.65. The second-order valence-electron chi connectivity index (χ2n) is 4.02. The smallest absolute Gasteiger partial charge is 0.125 e. The van der Waals surface area contributed by atoms with Crippen molar-refractivity contribution in [3.8, 4) is 0 Å². The summed E-state index contributed by atoms with van der Waals surface area (Å²) in [5.74, 6) is 0.0558. The van der Waals surface area contributed by atoms with Gasteiger partial charge in [-0.3, -0.25) is 10.4 Å². The number of pyridine rings is 1. The molecule has 0 radical (unpaired) electrons. The van der Waals surface area contributed by atoms with Gasteiger partial charge in [-0.15, -0.1) is 11.3 Å². The molecule has 0 saturated heterocycles. The van der Waals surface area contributed by atoms with E-state index in [9.17, 15) is 0 Å². The van der Waals surface area contributed by atoms with Gasteiger partial charge < -0.3 is 10.6 Å². The minimum absolute atomic E-state index is 0.0558. The molecular weight excluding hydrogens is 246 g/mol. The molecule has 18 heavy (non-hydrogen) atoms. The van der Waals surface area contributed by atoms with Crippen molar-refractivity contribution in [1.82, 2.24) is 9.97 Å². The van der Waals surface area contributed by atoms with Crippen LogP contribution in [0.25, 0.3) is 0 Å². The van der Waals surface area contributed by atoms with Crippen molar-refractivity contribution in [2.24, 2.45) is 5.73 Å². The number of nitrogens with zero attached hydrogens (tertiary/aromatic N) is 3. The molecule has 0 aliphatic heterocycles. The van der Waals surface area contributed by atoms with Crippen LogP contribution < -0.4 is 10.6 Å². The second kappa shape index (κ2) is 5.14. The Morgan fingerprint density at radius 3 is 2.94 bits per heavy atom. The van der Waals surface area contributed by atoms with Crippen LogP contribution in [-0.4, -0.2) is 22.9 Å². The lowest BCUT2D eigenvalue weighted by Crippen LogP contribution is -2.22. The van der Waals surface area contributed by atoms with Crippen molar-refractivity contribution in [1.29, 1.82) is 5.41 Å². The minimum Gasteiger partial charge on any atom is -0.384 e. The molecule has 94 valence electrons. The van der Waals surface area contributed by atoms with Gasteiger partial charge in [-0.05, 0) is 13.0 Å². The fraction of sp³-hybridized carbons (Fsp3) is 0.250. The van der Waals surface area contributed by atoms with Gasteiger partial charge >= 0.3 is 0 Å². The monoisotopic (exact) mass is 261 g/mol. The molecule has 0 fully saturated rings. The van der Waals surface area contributed by atoms with Gasteiger partial charge in [0, 0.05) is 23.7 Å². The fourth-order valence-electron chi connectivity index (χ4n) is 1.70. The Balaban J connectivity index is 2.26. The molecule has 3 N–H and O–H groups in total. The summed E-state index contributed by atoms with van der Waals surface area (Å²) >= 11 is 1.63. The van der Waals surface area contributed by atoms with Crippen LogP contribution in [-0.2, 0) is 6.54 Å². The SMILES string of the molecule is Cc1ncsc1CN(C)c1cnccc1C(=N)N. The number of hydrogen-bond donors (Lipinski definition) is 2. The first kappa shape index (κ1) is 12.5. The molecule has 2 aromatic rings. The topological polar surface area (TPSA) is 78.9 Å². The van der Waals surface area contributed by atoms with Gasteiger partial charge in [0.05, 0.1) is 29.6 Å². The summed E-state index contributed by atoms with van der Waals surface area (Å²) in [5.41, 5.74) is 10.0. The van der Waals surface area contributed by atoms with Crippen LogP contribution in [0.15, 0.2) is 24.0 Å². The summed E-state index contributed by atoms with van der Waals surface area (Å²) in [7, 11) is 1.96. The van der Waals surface area contributed by atoms with Crippen LogP contribution in [0.4, 0.5) is 5.69 Å². The second-order valence-corrected chi connectivity index (χ2v) is 4.96. The van der Waals surface area contributed by atoms with E-state index in [-0.39, 0.29) is 5.84 Å². The van der Waals surface area contributed by atoms with Crippen LogP contribution in [0.3, 0.4) is 0 Å². The third-order valence-electron chi connectivity index (χ3n) is 2.73. The van der Waals surface area contributed by atoms with Crippen LogP contribution in [0, 0.1) is 12.3 Å². The van der Waals surface area contributed by atoms with Gasteiger partial charge in [0.1, 0.15) is 5.84 Å². The highest BCUT2D eigenvalue weighted by molar-refractivity contribution is 7.09. The summed E-state index contributed by atoms with van der Waals surface area (Å²) in [6.07, 6.45) is 3.37. The number of anilines is 1. The van der Waals surface area contributed by atoms with Gasteiger partial charge in [0.15, 0.2) is 0 Å². The van der Waals surface area contributed by atoms with Gasteiger partial charge in [-0.1, -0.05) is 0 Å². The maximum absolute atomic E-state index is 7.58. The predicted molar refractivity (Wildman–Crippen MR) is 74.2 cm³/mol. The summed E-state index contributed by atoms with van der Waals surface area (Å²) < 4.78 is 0. The molecule has 0 atom stereocenters. The lowest BCUT2D eigenvalue weighted by molar-refractivity contribution is 0.919. The van der Waals surface area contributed by atoms with E-state index in [4.69, 9.17) is 11.1 Å². The standard InChI is InChI=1S/C12H15N5S/c1-8-11(18-7-16-8)6-17(2)10-5-15-4-3-9(10)12(13)14/h3-5,7H,6H2,1-2H3,(H3,13,14). The summed E-state index contributed by atoms with van der Waals surface area (Å²) in [4.78, 5) is 11.6. The predicted octanol–water partition coefficient (Wildman–Crippen LogP) is 1.77. The molecule has 0 saturated carbocycles. The molecule has 0 aliphatic rings. The maximum atomic E-state index is 7.58. The Morgan fingerprint density at radius 1 is 1.56 bits per heavy atom. The minimum atomic E-state index is 0.0558. The van der Waals surface area contributed by atoms with E-state index in [1.54, 1.807) is 29.8 Å². The first-order valence-electron chi connectivity index (χ1n) is 5.48. The average molecular weight is 261 g/mol. The number of amidine groups is 1. The molecule has 0 aliphatic carbocycles. The Kier molecular flexibility index (Phi) is 3.57. The fourth-order valence-corrected chi connectivity index (χ4v) is 2.53. The van der Waals surface area contributed by atoms with Crippen LogP contribution in [0.2, 0.25) is 0 Å². The zero-order valence-electron chi connectivity index (χ0n) is 10.3. The van der Waals surface area contributed by atoms with Crippen molar-refractivity contribution in [2.75, 3.05) is 11.9 Å². The zero-order chi connectivity index (χ0) is 13.1. The molecule has 2 heterocycles. The Bertz CT molecular complexity index is 563. The lowest BCUT2D eigenvalue weighted by atomic mass is 10.2. The van der Waals surface area contributed by atoms with Crippen molar-refractivity contribution in [3.05, 3.63) is 40.1 Å². The molecule has 5 nitrogen and oxygen atoms in total. The largest absolute Gasteiger partial charge is 0.384 e. The molecule has 0 unspecified atom stereocenters. The van der Waals surface area contributed by atoms with E-state index < -0.39 is 0 Å². The summed E-state index contributed by atoms with van der Waals surface area (Å²) in [5, 5.41) is 7.58. The first-order valence-corrected chi connectivity index (χ1v) is 6.36. The number of aromatic nitrogens is 2. The van der Waals surface area contributed by atoms with Crippen molar-refractivity contribution in [2.45, 2.75) is 13.5 Å². The highest BCUT2D eigenvalue weighted by Crippen LogP contribution is 2.22. The average Bonchev–Trinajstić information content (AvgIpc) is 2.75. The van der Waals surface area contributed by atoms with E-state index in [0.717, 1.165) is 17.9 Å². The van der Waals surface area contributed by atoms with E-state index in [0.29, 0.717) is 5.56 Å². The Morgan fingerprint density at radius 2 is 2.33 bits per heavy atom. The van der Waals surface area contributed by atoms with Gasteiger partial charge in [-0.25, -0.2) is 4.98 Å². The van der Waals surface area contributed by atoms with E-state index in [1.807, 2.05) is 24.4 Å². The van der Waals surface area contributed by atoms with Crippen molar-refractivity contribution >= 4 is 22.9 Å². The number of aryl methyl sites for hydroxylation is 1. The Labute approximate surface area is 110 Å².